The van der Waals surface area contributed by atoms with Crippen LogP contribution in [0.2, 0.25) is 0 Å². The van der Waals surface area contributed by atoms with E-state index < -0.39 is 11.9 Å². The van der Waals surface area contributed by atoms with E-state index in [-0.39, 0.29) is 5.78 Å². The maximum Gasteiger partial charge on any atom is 0.308 e. The Morgan fingerprint density at radius 2 is 2.21 bits per heavy atom. The van der Waals surface area contributed by atoms with E-state index in [4.69, 9.17) is 5.11 Å². The van der Waals surface area contributed by atoms with E-state index >= 15 is 0 Å². The SMILES string of the molecule is CC(CN(C)c1ccc2c(n1)CCCC2=O)C(=O)O. The molecule has 0 saturated carbocycles. The highest BCUT2D eigenvalue weighted by molar-refractivity contribution is 5.98. The molecular formula is C14H18N2O3. The molecular weight excluding hydrogens is 244 g/mol. The quantitative estimate of drug-likeness (QED) is 0.895. The Kier molecular flexibility index (Phi) is 3.83. The molecule has 102 valence electrons. The molecule has 0 radical (unpaired) electrons. The number of carbonyl (C=O) groups is 2. The average Bonchev–Trinajstić information content (AvgIpc) is 2.38. The number of aryl methyl sites for hydroxylation is 1. The lowest BCUT2D eigenvalue weighted by molar-refractivity contribution is -0.140. The number of carbonyl (C=O) groups excluding carboxylic acids is 1. The van der Waals surface area contributed by atoms with Gasteiger partial charge < -0.3 is 10.0 Å². The largest absolute Gasteiger partial charge is 0.481 e. The van der Waals surface area contributed by atoms with Crippen LogP contribution in [-0.2, 0) is 11.2 Å². The standard InChI is InChI=1S/C14H18N2O3/c1-9(14(18)19)8-16(2)13-7-6-10-11(15-13)4-3-5-12(10)17/h6-7,9H,3-5,8H2,1-2H3,(H,18,19). The molecule has 1 aliphatic rings. The molecule has 1 unspecified atom stereocenters. The zero-order chi connectivity index (χ0) is 14.0. The monoisotopic (exact) mass is 262 g/mol. The summed E-state index contributed by atoms with van der Waals surface area (Å²) in [7, 11) is 1.82. The minimum absolute atomic E-state index is 0.154. The summed E-state index contributed by atoms with van der Waals surface area (Å²) in [6.07, 6.45) is 2.26. The molecule has 1 N–H and O–H groups in total. The van der Waals surface area contributed by atoms with Crippen molar-refractivity contribution < 1.29 is 14.7 Å². The molecule has 0 amide bonds. The van der Waals surface area contributed by atoms with Crippen molar-refractivity contribution in [2.45, 2.75) is 26.2 Å². The number of nitrogens with zero attached hydrogens (tertiary/aromatic N) is 2. The van der Waals surface area contributed by atoms with Crippen LogP contribution in [0.1, 0.15) is 35.8 Å². The molecule has 1 aromatic rings. The van der Waals surface area contributed by atoms with Gasteiger partial charge in [0.25, 0.3) is 0 Å². The van der Waals surface area contributed by atoms with Crippen LogP contribution in [0.5, 0.6) is 0 Å². The van der Waals surface area contributed by atoms with Gasteiger partial charge in [-0.05, 0) is 25.0 Å². The fraction of sp³-hybridized carbons (Fsp3) is 0.500. The minimum atomic E-state index is -0.819. The Bertz CT molecular complexity index is 513. The van der Waals surface area contributed by atoms with Gasteiger partial charge in [0.05, 0.1) is 11.6 Å². The molecule has 0 aliphatic heterocycles. The number of carboxylic acids is 1. The normalized spacial score (nSPS) is 15.8. The summed E-state index contributed by atoms with van der Waals surface area (Å²) in [5.41, 5.74) is 1.55. The van der Waals surface area contributed by atoms with E-state index in [9.17, 15) is 9.59 Å². The predicted molar refractivity (Wildman–Crippen MR) is 71.6 cm³/mol. The maximum absolute atomic E-state index is 11.7. The van der Waals surface area contributed by atoms with Crippen LogP contribution >= 0.6 is 0 Å². The first-order chi connectivity index (χ1) is 8.99. The van der Waals surface area contributed by atoms with Crippen LogP contribution in [0.4, 0.5) is 5.82 Å². The van der Waals surface area contributed by atoms with E-state index in [0.717, 1.165) is 29.9 Å². The van der Waals surface area contributed by atoms with Crippen molar-refractivity contribution >= 4 is 17.6 Å². The number of anilines is 1. The van der Waals surface area contributed by atoms with Crippen molar-refractivity contribution in [3.05, 3.63) is 23.4 Å². The van der Waals surface area contributed by atoms with Gasteiger partial charge in [0.15, 0.2) is 5.78 Å². The van der Waals surface area contributed by atoms with Gasteiger partial charge in [0.2, 0.25) is 0 Å². The van der Waals surface area contributed by atoms with Crippen LogP contribution in [0.15, 0.2) is 12.1 Å². The van der Waals surface area contributed by atoms with Crippen molar-refractivity contribution in [3.8, 4) is 0 Å². The lowest BCUT2D eigenvalue weighted by Gasteiger charge is -2.22. The van der Waals surface area contributed by atoms with Crippen LogP contribution in [0.3, 0.4) is 0 Å². The number of aromatic nitrogens is 1. The third kappa shape index (κ3) is 2.92. The topological polar surface area (TPSA) is 70.5 Å². The number of fused-ring (bicyclic) bond motifs is 1. The van der Waals surface area contributed by atoms with Crippen molar-refractivity contribution in [1.82, 2.24) is 4.98 Å². The molecule has 5 heteroatoms. The lowest BCUT2D eigenvalue weighted by atomic mass is 9.95. The summed E-state index contributed by atoms with van der Waals surface area (Å²) in [6.45, 7) is 2.07. The third-order valence-electron chi connectivity index (χ3n) is 3.44. The van der Waals surface area contributed by atoms with E-state index in [1.54, 1.807) is 19.1 Å². The van der Waals surface area contributed by atoms with Crippen LogP contribution in [0, 0.1) is 5.92 Å². The second kappa shape index (κ2) is 5.38. The molecule has 0 spiro atoms. The Labute approximate surface area is 112 Å². The smallest absolute Gasteiger partial charge is 0.308 e. The summed E-state index contributed by atoms with van der Waals surface area (Å²) in [6, 6.07) is 3.59. The molecule has 1 aliphatic carbocycles. The van der Waals surface area contributed by atoms with Crippen molar-refractivity contribution in [2.75, 3.05) is 18.5 Å². The molecule has 0 bridgehead atoms. The summed E-state index contributed by atoms with van der Waals surface area (Å²) in [5, 5.41) is 8.91. The highest BCUT2D eigenvalue weighted by Crippen LogP contribution is 2.22. The highest BCUT2D eigenvalue weighted by Gasteiger charge is 2.20. The van der Waals surface area contributed by atoms with Crippen LogP contribution < -0.4 is 4.90 Å². The zero-order valence-electron chi connectivity index (χ0n) is 11.2. The van der Waals surface area contributed by atoms with Gasteiger partial charge in [0.1, 0.15) is 5.82 Å². The average molecular weight is 262 g/mol. The van der Waals surface area contributed by atoms with Crippen molar-refractivity contribution in [2.24, 2.45) is 5.92 Å². The van der Waals surface area contributed by atoms with Gasteiger partial charge >= 0.3 is 5.97 Å². The molecule has 5 nitrogen and oxygen atoms in total. The second-order valence-corrected chi connectivity index (χ2v) is 5.06. The number of ketones is 1. The fourth-order valence-electron chi connectivity index (χ4n) is 2.28. The third-order valence-corrected chi connectivity index (χ3v) is 3.44. The number of hydrogen-bond donors (Lipinski definition) is 1. The second-order valence-electron chi connectivity index (χ2n) is 5.06. The Morgan fingerprint density at radius 1 is 1.47 bits per heavy atom. The number of hydrogen-bond acceptors (Lipinski definition) is 4. The number of Topliss-reactive ketones (excluding diaryl/α,β-unsaturated/α-hetero) is 1. The number of carboxylic acid groups (broad SMARTS) is 1. The Hall–Kier alpha value is -1.91. The Morgan fingerprint density at radius 3 is 2.89 bits per heavy atom. The van der Waals surface area contributed by atoms with E-state index in [1.807, 2.05) is 11.9 Å². The first-order valence-electron chi connectivity index (χ1n) is 6.46. The maximum atomic E-state index is 11.7. The molecule has 1 atom stereocenters. The molecule has 2 rings (SSSR count). The highest BCUT2D eigenvalue weighted by atomic mass is 16.4. The van der Waals surface area contributed by atoms with E-state index in [1.165, 1.54) is 0 Å². The molecule has 0 fully saturated rings. The fourth-order valence-corrected chi connectivity index (χ4v) is 2.28. The van der Waals surface area contributed by atoms with Crippen LogP contribution in [-0.4, -0.2) is 35.4 Å². The summed E-state index contributed by atoms with van der Waals surface area (Å²) < 4.78 is 0. The van der Waals surface area contributed by atoms with Crippen LogP contribution in [0.25, 0.3) is 0 Å². The van der Waals surface area contributed by atoms with E-state index in [2.05, 4.69) is 4.98 Å². The van der Waals surface area contributed by atoms with E-state index in [0.29, 0.717) is 13.0 Å². The first kappa shape index (κ1) is 13.5. The summed E-state index contributed by atoms with van der Waals surface area (Å²) in [4.78, 5) is 28.9. The molecule has 0 saturated heterocycles. The first-order valence-corrected chi connectivity index (χ1v) is 6.46. The van der Waals surface area contributed by atoms with Gasteiger partial charge in [-0.3, -0.25) is 9.59 Å². The molecule has 1 aromatic heterocycles. The Balaban J connectivity index is 2.17. The van der Waals surface area contributed by atoms with Gasteiger partial charge in [-0.2, -0.15) is 0 Å². The van der Waals surface area contributed by atoms with Gasteiger partial charge in [-0.25, -0.2) is 4.98 Å². The molecule has 19 heavy (non-hydrogen) atoms. The van der Waals surface area contributed by atoms with Crippen molar-refractivity contribution in [3.63, 3.8) is 0 Å². The number of pyridine rings is 1. The van der Waals surface area contributed by atoms with Gasteiger partial charge in [-0.1, -0.05) is 6.92 Å². The minimum Gasteiger partial charge on any atom is -0.481 e. The summed E-state index contributed by atoms with van der Waals surface area (Å²) in [5.74, 6) is -0.396. The lowest BCUT2D eigenvalue weighted by Crippen LogP contribution is -2.29. The summed E-state index contributed by atoms with van der Waals surface area (Å²) >= 11 is 0. The van der Waals surface area contributed by atoms with Gasteiger partial charge in [0, 0.05) is 25.6 Å². The number of rotatable bonds is 4. The molecule has 1 heterocycles. The number of aliphatic carboxylic acids is 1. The zero-order valence-corrected chi connectivity index (χ0v) is 11.2. The molecule has 0 aromatic carbocycles. The van der Waals surface area contributed by atoms with Gasteiger partial charge in [-0.15, -0.1) is 0 Å². The van der Waals surface area contributed by atoms with Crippen molar-refractivity contribution in [1.29, 1.82) is 0 Å². The predicted octanol–water partition coefficient (Wildman–Crippen LogP) is 1.76.